The van der Waals surface area contributed by atoms with E-state index in [1.165, 1.54) is 38.8 Å². The van der Waals surface area contributed by atoms with Crippen LogP contribution >= 0.6 is 0 Å². The Bertz CT molecular complexity index is 418. The van der Waals surface area contributed by atoms with Crippen LogP contribution in [0.1, 0.15) is 44.9 Å². The number of amides is 1. The normalized spacial score (nSPS) is 36.3. The van der Waals surface area contributed by atoms with Gasteiger partial charge < -0.3 is 4.74 Å². The van der Waals surface area contributed by atoms with E-state index in [4.69, 9.17) is 9.57 Å². The third-order valence-electron chi connectivity index (χ3n) is 6.35. The van der Waals surface area contributed by atoms with E-state index < -0.39 is 0 Å². The summed E-state index contributed by atoms with van der Waals surface area (Å²) < 4.78 is 5.86. The molecule has 1 amide bonds. The maximum absolute atomic E-state index is 12.5. The number of hydroxylamine groups is 2. The van der Waals surface area contributed by atoms with Crippen molar-refractivity contribution in [1.82, 2.24) is 9.96 Å². The minimum Gasteiger partial charge on any atom is -0.381 e. The number of likely N-dealkylation sites (tertiary alicyclic amines) is 1. The Morgan fingerprint density at radius 1 is 1.04 bits per heavy atom. The lowest BCUT2D eigenvalue weighted by Crippen LogP contribution is -2.41. The van der Waals surface area contributed by atoms with Gasteiger partial charge in [-0.2, -0.15) is 0 Å². The molecule has 3 saturated heterocycles. The molecule has 5 nitrogen and oxygen atoms in total. The Balaban J connectivity index is 1.35. The Kier molecular flexibility index (Phi) is 4.88. The van der Waals surface area contributed by atoms with E-state index in [0.717, 1.165) is 38.6 Å². The van der Waals surface area contributed by atoms with Crippen LogP contribution in [-0.4, -0.2) is 61.4 Å². The minimum absolute atomic E-state index is 0.165. The van der Waals surface area contributed by atoms with Gasteiger partial charge in [-0.15, -0.1) is 0 Å². The molecule has 3 atom stereocenters. The second-order valence-corrected chi connectivity index (χ2v) is 7.85. The molecule has 23 heavy (non-hydrogen) atoms. The summed E-state index contributed by atoms with van der Waals surface area (Å²) in [5, 5.41) is 1.61. The maximum Gasteiger partial charge on any atom is 0.246 e. The number of carbonyl (C=O) groups is 1. The van der Waals surface area contributed by atoms with Crippen LogP contribution in [0.3, 0.4) is 0 Å². The Labute approximate surface area is 139 Å². The highest BCUT2D eigenvalue weighted by atomic mass is 16.7. The number of carbonyl (C=O) groups excluding carboxylic acids is 1. The van der Waals surface area contributed by atoms with Crippen LogP contribution in [-0.2, 0) is 14.4 Å². The van der Waals surface area contributed by atoms with Crippen molar-refractivity contribution >= 4 is 5.91 Å². The Morgan fingerprint density at radius 3 is 2.70 bits per heavy atom. The van der Waals surface area contributed by atoms with Crippen molar-refractivity contribution in [3.63, 3.8) is 0 Å². The molecular weight excluding hydrogens is 292 g/mol. The number of fused-ring (bicyclic) bond motifs is 1. The van der Waals surface area contributed by atoms with E-state index >= 15 is 0 Å². The quantitative estimate of drug-likeness (QED) is 0.798. The maximum atomic E-state index is 12.5. The predicted octanol–water partition coefficient (Wildman–Crippen LogP) is 2.07. The molecule has 0 aromatic heterocycles. The summed E-state index contributed by atoms with van der Waals surface area (Å²) in [7, 11) is 0. The number of hydrogen-bond acceptors (Lipinski definition) is 4. The average Bonchev–Trinajstić information content (AvgIpc) is 3.25. The zero-order valence-corrected chi connectivity index (χ0v) is 14.1. The molecular formula is C18H30N2O3. The monoisotopic (exact) mass is 322 g/mol. The Hall–Kier alpha value is -0.650. The van der Waals surface area contributed by atoms with Crippen molar-refractivity contribution < 1.29 is 14.4 Å². The van der Waals surface area contributed by atoms with Crippen molar-refractivity contribution in [1.29, 1.82) is 0 Å². The highest BCUT2D eigenvalue weighted by Crippen LogP contribution is 2.39. The first-order valence-corrected chi connectivity index (χ1v) is 9.56. The van der Waals surface area contributed by atoms with Gasteiger partial charge in [-0.25, -0.2) is 5.06 Å². The molecule has 4 rings (SSSR count). The third kappa shape index (κ3) is 3.42. The van der Waals surface area contributed by atoms with Crippen molar-refractivity contribution in [2.24, 2.45) is 17.8 Å². The third-order valence-corrected chi connectivity index (χ3v) is 6.35. The van der Waals surface area contributed by atoms with Crippen LogP contribution < -0.4 is 0 Å². The minimum atomic E-state index is 0.165. The van der Waals surface area contributed by atoms with E-state index in [-0.39, 0.29) is 5.91 Å². The lowest BCUT2D eigenvalue weighted by molar-refractivity contribution is -0.199. The lowest BCUT2D eigenvalue weighted by atomic mass is 9.81. The van der Waals surface area contributed by atoms with Gasteiger partial charge in [0.2, 0.25) is 5.91 Å². The molecule has 0 aromatic rings. The molecule has 4 aliphatic rings. The SMILES string of the molecule is O=C(C[C@@H]1COC[C@H]2CN(C3CCCC3)C[C@@H]12)N1CCCCO1. The zero-order chi connectivity index (χ0) is 15.6. The standard InChI is InChI=1S/C18H30N2O3/c21-18(20-7-3-4-8-23-20)9-14-12-22-13-15-10-19(11-17(14)15)16-5-1-2-6-16/h14-17H,1-13H2/t14-,15-,17+/m1/s1. The fourth-order valence-electron chi connectivity index (χ4n) is 5.03. The van der Waals surface area contributed by atoms with E-state index in [0.29, 0.717) is 30.8 Å². The Morgan fingerprint density at radius 2 is 1.91 bits per heavy atom. The first-order chi connectivity index (χ1) is 11.3. The van der Waals surface area contributed by atoms with Crippen molar-refractivity contribution in [2.75, 3.05) is 39.5 Å². The van der Waals surface area contributed by atoms with Gasteiger partial charge in [0.1, 0.15) is 0 Å². The fraction of sp³-hybridized carbons (Fsp3) is 0.944. The molecule has 0 bridgehead atoms. The first kappa shape index (κ1) is 15.9. The van der Waals surface area contributed by atoms with Crippen LogP contribution in [0.15, 0.2) is 0 Å². The van der Waals surface area contributed by atoms with E-state index in [2.05, 4.69) is 4.90 Å². The van der Waals surface area contributed by atoms with Gasteiger partial charge in [-0.1, -0.05) is 12.8 Å². The molecule has 130 valence electrons. The summed E-state index contributed by atoms with van der Waals surface area (Å²) in [6, 6.07) is 0.794. The van der Waals surface area contributed by atoms with Gasteiger partial charge in [0.05, 0.1) is 19.8 Å². The summed E-state index contributed by atoms with van der Waals surface area (Å²) in [6.07, 6.45) is 8.24. The molecule has 4 fully saturated rings. The number of hydrogen-bond donors (Lipinski definition) is 0. The summed E-state index contributed by atoms with van der Waals surface area (Å²) in [5.74, 6) is 1.80. The zero-order valence-electron chi connectivity index (χ0n) is 14.1. The molecule has 1 aliphatic carbocycles. The smallest absolute Gasteiger partial charge is 0.246 e. The summed E-state index contributed by atoms with van der Waals surface area (Å²) in [5.41, 5.74) is 0. The second-order valence-electron chi connectivity index (χ2n) is 7.85. The molecule has 0 spiro atoms. The highest BCUT2D eigenvalue weighted by molar-refractivity contribution is 5.75. The average molecular weight is 322 g/mol. The molecule has 0 radical (unpaired) electrons. The van der Waals surface area contributed by atoms with Crippen molar-refractivity contribution in [3.05, 3.63) is 0 Å². The number of ether oxygens (including phenoxy) is 1. The van der Waals surface area contributed by atoms with Crippen LogP contribution in [0, 0.1) is 17.8 Å². The fourth-order valence-corrected chi connectivity index (χ4v) is 5.03. The molecule has 0 aromatic carbocycles. The largest absolute Gasteiger partial charge is 0.381 e. The van der Waals surface area contributed by atoms with Gasteiger partial charge in [0.25, 0.3) is 0 Å². The van der Waals surface area contributed by atoms with Crippen molar-refractivity contribution in [2.45, 2.75) is 51.0 Å². The lowest BCUT2D eigenvalue weighted by Gasteiger charge is -2.34. The van der Waals surface area contributed by atoms with Crippen LogP contribution in [0.25, 0.3) is 0 Å². The number of nitrogens with zero attached hydrogens (tertiary/aromatic N) is 2. The van der Waals surface area contributed by atoms with Crippen LogP contribution in [0.4, 0.5) is 0 Å². The molecule has 1 saturated carbocycles. The van der Waals surface area contributed by atoms with Gasteiger partial charge in [-0.3, -0.25) is 14.5 Å². The molecule has 0 N–H and O–H groups in total. The molecule has 3 aliphatic heterocycles. The topological polar surface area (TPSA) is 42.0 Å². The number of rotatable bonds is 3. The van der Waals surface area contributed by atoms with Gasteiger partial charge in [0.15, 0.2) is 0 Å². The summed E-state index contributed by atoms with van der Waals surface area (Å²) in [4.78, 5) is 20.8. The first-order valence-electron chi connectivity index (χ1n) is 9.56. The van der Waals surface area contributed by atoms with E-state index in [1.807, 2.05) is 0 Å². The summed E-state index contributed by atoms with van der Waals surface area (Å²) in [6.45, 7) is 5.44. The predicted molar refractivity (Wildman–Crippen MR) is 86.6 cm³/mol. The van der Waals surface area contributed by atoms with Crippen LogP contribution in [0.5, 0.6) is 0 Å². The second kappa shape index (κ2) is 7.08. The molecule has 3 heterocycles. The van der Waals surface area contributed by atoms with Gasteiger partial charge >= 0.3 is 0 Å². The van der Waals surface area contributed by atoms with Crippen molar-refractivity contribution in [3.8, 4) is 0 Å². The molecule has 0 unspecified atom stereocenters. The van der Waals surface area contributed by atoms with Gasteiger partial charge in [-0.05, 0) is 43.4 Å². The molecule has 5 heteroatoms. The van der Waals surface area contributed by atoms with Crippen LogP contribution in [0.2, 0.25) is 0 Å². The van der Waals surface area contributed by atoms with Gasteiger partial charge in [0, 0.05) is 32.1 Å². The van der Waals surface area contributed by atoms with E-state index in [9.17, 15) is 4.79 Å². The van der Waals surface area contributed by atoms with E-state index in [1.54, 1.807) is 5.06 Å². The summed E-state index contributed by atoms with van der Waals surface area (Å²) >= 11 is 0. The highest BCUT2D eigenvalue weighted by Gasteiger charge is 2.44.